The fraction of sp³-hybridized carbons (Fsp3) is 0.312. The van der Waals surface area contributed by atoms with Gasteiger partial charge in [0.2, 0.25) is 10.0 Å². The summed E-state index contributed by atoms with van der Waals surface area (Å²) >= 11 is 5.81. The summed E-state index contributed by atoms with van der Waals surface area (Å²) in [6.45, 7) is 1.31. The van der Waals surface area contributed by atoms with Crippen molar-refractivity contribution in [1.29, 1.82) is 0 Å². The third-order valence-corrected chi connectivity index (χ3v) is 6.22. The molecule has 2 aromatic rings. The number of aromatic nitrogens is 1. The van der Waals surface area contributed by atoms with E-state index in [0.717, 1.165) is 0 Å². The number of halogens is 1. The van der Waals surface area contributed by atoms with E-state index in [1.54, 1.807) is 29.3 Å². The average Bonchev–Trinajstić information content (AvgIpc) is 3.01. The lowest BCUT2D eigenvalue weighted by molar-refractivity contribution is 0.0698. The molecule has 6 nitrogen and oxygen atoms in total. The quantitative estimate of drug-likeness (QED) is 0.831. The van der Waals surface area contributed by atoms with Gasteiger partial charge in [-0.15, -0.1) is 0 Å². The molecule has 1 aliphatic rings. The molecule has 0 aliphatic carbocycles. The predicted molar refractivity (Wildman–Crippen MR) is 91.5 cm³/mol. The zero-order chi connectivity index (χ0) is 17.3. The van der Waals surface area contributed by atoms with Gasteiger partial charge in [-0.2, -0.15) is 4.31 Å². The number of amides is 1. The number of carbonyl (C=O) groups is 1. The van der Waals surface area contributed by atoms with Gasteiger partial charge in [0.15, 0.2) is 0 Å². The SMILES string of the molecule is Cn1ccc(C(=O)N2CCN(S(=O)(=O)c3ccc(Cl)cc3)CC2)c1. The molecule has 0 radical (unpaired) electrons. The van der Waals surface area contributed by atoms with Crippen molar-refractivity contribution in [3.8, 4) is 0 Å². The van der Waals surface area contributed by atoms with Crippen LogP contribution in [-0.4, -0.2) is 54.3 Å². The number of piperazine rings is 1. The number of benzene rings is 1. The number of nitrogens with zero attached hydrogens (tertiary/aromatic N) is 3. The lowest BCUT2D eigenvalue weighted by Crippen LogP contribution is -2.50. The van der Waals surface area contributed by atoms with Crippen LogP contribution >= 0.6 is 11.6 Å². The highest BCUT2D eigenvalue weighted by Gasteiger charge is 2.30. The maximum atomic E-state index is 12.6. The third kappa shape index (κ3) is 3.33. The predicted octanol–water partition coefficient (Wildman–Crippen LogP) is 1.83. The first kappa shape index (κ1) is 17.0. The Morgan fingerprint density at radius 1 is 1.04 bits per heavy atom. The van der Waals surface area contributed by atoms with Crippen molar-refractivity contribution in [2.45, 2.75) is 4.90 Å². The van der Waals surface area contributed by atoms with Crippen LogP contribution in [0.1, 0.15) is 10.4 Å². The standard InChI is InChI=1S/C16H18ClN3O3S/c1-18-7-6-13(12-18)16(21)19-8-10-20(11-9-19)24(22,23)15-4-2-14(17)3-5-15/h2-7,12H,8-11H2,1H3. The molecule has 0 bridgehead atoms. The van der Waals surface area contributed by atoms with Crippen molar-refractivity contribution in [3.63, 3.8) is 0 Å². The largest absolute Gasteiger partial charge is 0.356 e. The van der Waals surface area contributed by atoms with E-state index in [9.17, 15) is 13.2 Å². The van der Waals surface area contributed by atoms with E-state index in [1.807, 2.05) is 17.8 Å². The minimum Gasteiger partial charge on any atom is -0.356 e. The molecule has 1 fully saturated rings. The minimum absolute atomic E-state index is 0.0702. The number of aryl methyl sites for hydroxylation is 1. The van der Waals surface area contributed by atoms with Gasteiger partial charge in [-0.05, 0) is 30.3 Å². The summed E-state index contributed by atoms with van der Waals surface area (Å²) in [5.74, 6) is -0.0702. The highest BCUT2D eigenvalue weighted by atomic mass is 35.5. The van der Waals surface area contributed by atoms with Crippen LogP contribution < -0.4 is 0 Å². The second-order valence-corrected chi connectivity index (χ2v) is 8.09. The average molecular weight is 368 g/mol. The molecule has 1 amide bonds. The smallest absolute Gasteiger partial charge is 0.255 e. The molecule has 128 valence electrons. The number of hydrogen-bond donors (Lipinski definition) is 0. The number of sulfonamides is 1. The molecular weight excluding hydrogens is 350 g/mol. The fourth-order valence-electron chi connectivity index (χ4n) is 2.70. The molecule has 24 heavy (non-hydrogen) atoms. The summed E-state index contributed by atoms with van der Waals surface area (Å²) in [6.07, 6.45) is 3.58. The molecule has 0 saturated carbocycles. The van der Waals surface area contributed by atoms with Crippen molar-refractivity contribution in [3.05, 3.63) is 53.3 Å². The second kappa shape index (κ2) is 6.58. The van der Waals surface area contributed by atoms with Crippen molar-refractivity contribution in [1.82, 2.24) is 13.8 Å². The van der Waals surface area contributed by atoms with Gasteiger partial charge in [0.1, 0.15) is 0 Å². The first-order valence-corrected chi connectivity index (χ1v) is 9.37. The number of carbonyl (C=O) groups excluding carboxylic acids is 1. The Hall–Kier alpha value is -1.83. The van der Waals surface area contributed by atoms with Crippen LogP contribution in [0.3, 0.4) is 0 Å². The first-order valence-electron chi connectivity index (χ1n) is 7.55. The lowest BCUT2D eigenvalue weighted by atomic mass is 10.2. The van der Waals surface area contributed by atoms with Gasteiger partial charge in [-0.25, -0.2) is 8.42 Å². The highest BCUT2D eigenvalue weighted by molar-refractivity contribution is 7.89. The van der Waals surface area contributed by atoms with Gasteiger partial charge in [-0.3, -0.25) is 4.79 Å². The Balaban J connectivity index is 1.68. The summed E-state index contributed by atoms with van der Waals surface area (Å²) in [5, 5.41) is 0.493. The maximum absolute atomic E-state index is 12.6. The summed E-state index contributed by atoms with van der Waals surface area (Å²) in [7, 11) is -1.70. The minimum atomic E-state index is -3.56. The van der Waals surface area contributed by atoms with Crippen LogP contribution in [0.4, 0.5) is 0 Å². The molecule has 1 aromatic heterocycles. The maximum Gasteiger partial charge on any atom is 0.255 e. The van der Waals surface area contributed by atoms with Crippen LogP contribution in [-0.2, 0) is 17.1 Å². The molecule has 0 N–H and O–H groups in total. The van der Waals surface area contributed by atoms with Gasteiger partial charge in [0.25, 0.3) is 5.91 Å². The zero-order valence-electron chi connectivity index (χ0n) is 13.2. The van der Waals surface area contributed by atoms with E-state index in [4.69, 9.17) is 11.6 Å². The summed E-state index contributed by atoms with van der Waals surface area (Å²) in [4.78, 5) is 14.3. The Labute approximate surface area is 146 Å². The summed E-state index contributed by atoms with van der Waals surface area (Å²) in [6, 6.07) is 7.88. The molecule has 1 aromatic carbocycles. The van der Waals surface area contributed by atoms with Gasteiger partial charge in [0, 0.05) is 50.6 Å². The van der Waals surface area contributed by atoms with Crippen LogP contribution in [0.25, 0.3) is 0 Å². The van der Waals surface area contributed by atoms with Crippen molar-refractivity contribution < 1.29 is 13.2 Å². The second-order valence-electron chi connectivity index (χ2n) is 5.72. The molecular formula is C16H18ClN3O3S. The summed E-state index contributed by atoms with van der Waals surface area (Å²) in [5.41, 5.74) is 0.617. The Morgan fingerprint density at radius 2 is 1.67 bits per heavy atom. The molecule has 0 atom stereocenters. The normalized spacial score (nSPS) is 16.3. The van der Waals surface area contributed by atoms with Gasteiger partial charge in [0.05, 0.1) is 10.5 Å². The van der Waals surface area contributed by atoms with Crippen LogP contribution in [0.2, 0.25) is 5.02 Å². The molecule has 0 spiro atoms. The third-order valence-electron chi connectivity index (χ3n) is 4.06. The van der Waals surface area contributed by atoms with Crippen LogP contribution in [0.5, 0.6) is 0 Å². The van der Waals surface area contributed by atoms with Gasteiger partial charge < -0.3 is 9.47 Å². The fourth-order valence-corrected chi connectivity index (χ4v) is 4.25. The molecule has 2 heterocycles. The topological polar surface area (TPSA) is 62.6 Å². The van der Waals surface area contributed by atoms with Crippen molar-refractivity contribution >= 4 is 27.5 Å². The van der Waals surface area contributed by atoms with E-state index < -0.39 is 10.0 Å². The van der Waals surface area contributed by atoms with Gasteiger partial charge >= 0.3 is 0 Å². The van der Waals surface area contributed by atoms with E-state index in [1.165, 1.54) is 16.4 Å². The molecule has 1 saturated heterocycles. The highest BCUT2D eigenvalue weighted by Crippen LogP contribution is 2.20. The molecule has 3 rings (SSSR count). The summed E-state index contributed by atoms with van der Waals surface area (Å²) < 4.78 is 28.5. The van der Waals surface area contributed by atoms with Crippen LogP contribution in [0, 0.1) is 0 Å². The molecule has 0 unspecified atom stereocenters. The number of rotatable bonds is 3. The van der Waals surface area contributed by atoms with E-state index in [2.05, 4.69) is 0 Å². The Morgan fingerprint density at radius 3 is 2.21 bits per heavy atom. The Kier molecular flexibility index (Phi) is 4.67. The zero-order valence-corrected chi connectivity index (χ0v) is 14.8. The van der Waals surface area contributed by atoms with Crippen molar-refractivity contribution in [2.75, 3.05) is 26.2 Å². The molecule has 1 aliphatic heterocycles. The molecule has 8 heteroatoms. The van der Waals surface area contributed by atoms with Crippen LogP contribution in [0.15, 0.2) is 47.6 Å². The first-order chi connectivity index (χ1) is 11.4. The van der Waals surface area contributed by atoms with E-state index in [-0.39, 0.29) is 23.9 Å². The van der Waals surface area contributed by atoms with E-state index >= 15 is 0 Å². The lowest BCUT2D eigenvalue weighted by Gasteiger charge is -2.33. The van der Waals surface area contributed by atoms with E-state index in [0.29, 0.717) is 23.7 Å². The Bertz CT molecular complexity index is 838. The van der Waals surface area contributed by atoms with Crippen molar-refractivity contribution in [2.24, 2.45) is 7.05 Å². The number of hydrogen-bond acceptors (Lipinski definition) is 3. The monoisotopic (exact) mass is 367 g/mol. The van der Waals surface area contributed by atoms with Gasteiger partial charge in [-0.1, -0.05) is 11.6 Å².